The lowest BCUT2D eigenvalue weighted by Crippen LogP contribution is -2.13. The van der Waals surface area contributed by atoms with Gasteiger partial charge in [0, 0.05) is 12.5 Å². The summed E-state index contributed by atoms with van der Waals surface area (Å²) in [5.74, 6) is 0.309. The zero-order valence-corrected chi connectivity index (χ0v) is 15.6. The van der Waals surface area contributed by atoms with E-state index < -0.39 is 5.97 Å². The molecule has 132 valence electrons. The van der Waals surface area contributed by atoms with Gasteiger partial charge in [0.15, 0.2) is 0 Å². The van der Waals surface area contributed by atoms with Gasteiger partial charge in [-0.05, 0) is 42.0 Å². The lowest BCUT2D eigenvalue weighted by atomic mass is 9.83. The first-order valence-corrected chi connectivity index (χ1v) is 8.38. The molecule has 0 saturated heterocycles. The Balaban J connectivity index is 2.50. The summed E-state index contributed by atoms with van der Waals surface area (Å²) in [4.78, 5) is 11.6. The van der Waals surface area contributed by atoms with Crippen LogP contribution in [0, 0.1) is 13.8 Å². The molecule has 3 nitrogen and oxygen atoms in total. The number of carbonyl (C=O) groups excluding carboxylic acids is 1. The second kappa shape index (κ2) is 7.14. The number of hydrogen-bond acceptors (Lipinski definition) is 3. The Labute approximate surface area is 150 Å². The van der Waals surface area contributed by atoms with Crippen LogP contribution in [-0.2, 0) is 16.6 Å². The number of hydrogen-bond donors (Lipinski definition) is 1. The van der Waals surface area contributed by atoms with Gasteiger partial charge in [0.05, 0.1) is 0 Å². The number of rotatable bonds is 4. The number of aryl methyl sites for hydroxylation is 2. The van der Waals surface area contributed by atoms with Crippen molar-refractivity contribution in [3.05, 3.63) is 70.8 Å². The van der Waals surface area contributed by atoms with E-state index in [1.54, 1.807) is 6.07 Å². The molecule has 0 saturated carbocycles. The van der Waals surface area contributed by atoms with Crippen LogP contribution < -0.4 is 4.74 Å². The lowest BCUT2D eigenvalue weighted by molar-refractivity contribution is -0.129. The molecule has 2 aromatic carbocycles. The third kappa shape index (κ3) is 4.50. The average molecular weight is 338 g/mol. The third-order valence-electron chi connectivity index (χ3n) is 4.12. The van der Waals surface area contributed by atoms with Gasteiger partial charge < -0.3 is 9.84 Å². The van der Waals surface area contributed by atoms with E-state index in [2.05, 4.69) is 27.4 Å². The zero-order valence-electron chi connectivity index (χ0n) is 15.6. The van der Waals surface area contributed by atoms with Crippen LogP contribution >= 0.6 is 0 Å². The van der Waals surface area contributed by atoms with E-state index in [4.69, 9.17) is 4.74 Å². The Kier molecular flexibility index (Phi) is 5.36. The van der Waals surface area contributed by atoms with Crippen LogP contribution in [0.2, 0.25) is 0 Å². The van der Waals surface area contributed by atoms with E-state index in [1.807, 2.05) is 38.1 Å². The van der Waals surface area contributed by atoms with E-state index in [1.165, 1.54) is 0 Å². The second-order valence-electron chi connectivity index (χ2n) is 7.48. The smallest absolute Gasteiger partial charge is 0.335 e. The predicted octanol–water partition coefficient (Wildman–Crippen LogP) is 4.99. The van der Waals surface area contributed by atoms with Gasteiger partial charge in [-0.25, -0.2) is 4.79 Å². The predicted molar refractivity (Wildman–Crippen MR) is 101 cm³/mol. The summed E-state index contributed by atoms with van der Waals surface area (Å²) in [5, 5.41) is 10.8. The fourth-order valence-electron chi connectivity index (χ4n) is 2.86. The Hall–Kier alpha value is -2.55. The van der Waals surface area contributed by atoms with Crippen LogP contribution in [0.3, 0.4) is 0 Å². The summed E-state index contributed by atoms with van der Waals surface area (Å²) in [6.45, 7) is 13.7. The Morgan fingerprint density at radius 2 is 1.76 bits per heavy atom. The minimum absolute atomic E-state index is 0.157. The first kappa shape index (κ1) is 18.8. The highest BCUT2D eigenvalue weighted by atomic mass is 16.5. The number of aromatic hydroxyl groups is 1. The van der Waals surface area contributed by atoms with E-state index in [9.17, 15) is 9.90 Å². The van der Waals surface area contributed by atoms with Gasteiger partial charge >= 0.3 is 5.97 Å². The van der Waals surface area contributed by atoms with Crippen LogP contribution in [0.1, 0.15) is 48.6 Å². The molecule has 0 amide bonds. The summed E-state index contributed by atoms with van der Waals surface area (Å²) >= 11 is 0. The Morgan fingerprint density at radius 1 is 1.12 bits per heavy atom. The Morgan fingerprint density at radius 3 is 2.36 bits per heavy atom. The van der Waals surface area contributed by atoms with Crippen molar-refractivity contribution in [1.82, 2.24) is 0 Å². The molecule has 0 aliphatic rings. The van der Waals surface area contributed by atoms with Crippen molar-refractivity contribution in [1.29, 1.82) is 0 Å². The summed E-state index contributed by atoms with van der Waals surface area (Å²) in [7, 11) is 0. The molecule has 0 atom stereocenters. The van der Waals surface area contributed by atoms with Gasteiger partial charge in [-0.2, -0.15) is 0 Å². The second-order valence-corrected chi connectivity index (χ2v) is 7.48. The normalized spacial score (nSPS) is 11.2. The molecule has 0 heterocycles. The topological polar surface area (TPSA) is 46.5 Å². The van der Waals surface area contributed by atoms with Gasteiger partial charge in [0.2, 0.25) is 0 Å². The van der Waals surface area contributed by atoms with Crippen molar-refractivity contribution in [2.45, 2.75) is 46.5 Å². The molecule has 0 aromatic heterocycles. The third-order valence-corrected chi connectivity index (χ3v) is 4.12. The number of esters is 1. The maximum Gasteiger partial charge on any atom is 0.335 e. The first-order chi connectivity index (χ1) is 11.6. The van der Waals surface area contributed by atoms with E-state index in [-0.39, 0.29) is 5.41 Å². The number of phenols is 1. The number of carbonyl (C=O) groups is 1. The van der Waals surface area contributed by atoms with Crippen LogP contribution in [0.4, 0.5) is 0 Å². The maximum absolute atomic E-state index is 11.6. The summed E-state index contributed by atoms with van der Waals surface area (Å²) < 4.78 is 5.35. The van der Waals surface area contributed by atoms with Gasteiger partial charge in [0.25, 0.3) is 0 Å². The summed E-state index contributed by atoms with van der Waals surface area (Å²) in [5.41, 5.74) is 4.60. The van der Waals surface area contributed by atoms with Crippen molar-refractivity contribution in [3.63, 3.8) is 0 Å². The van der Waals surface area contributed by atoms with Crippen molar-refractivity contribution < 1.29 is 14.6 Å². The van der Waals surface area contributed by atoms with E-state index in [0.29, 0.717) is 17.9 Å². The molecule has 0 radical (unpaired) electrons. The first-order valence-electron chi connectivity index (χ1n) is 8.38. The van der Waals surface area contributed by atoms with Crippen molar-refractivity contribution in [3.8, 4) is 11.5 Å². The average Bonchev–Trinajstić information content (AvgIpc) is 2.51. The SMILES string of the molecule is C=CC(=O)Oc1ccc(C)cc1Cc1cc(C)cc(C(C)(C)C)c1O. The molecule has 0 aliphatic carbocycles. The van der Waals surface area contributed by atoms with Crippen molar-refractivity contribution >= 4 is 5.97 Å². The molecule has 0 aliphatic heterocycles. The molecule has 0 unspecified atom stereocenters. The Bertz CT molecular complexity index is 811. The van der Waals surface area contributed by atoms with Gasteiger partial charge in [-0.1, -0.05) is 62.7 Å². The zero-order chi connectivity index (χ0) is 18.8. The highest BCUT2D eigenvalue weighted by molar-refractivity contribution is 5.83. The molecule has 1 N–H and O–H groups in total. The number of benzene rings is 2. The van der Waals surface area contributed by atoms with E-state index >= 15 is 0 Å². The molecule has 2 rings (SSSR count). The standard InChI is InChI=1S/C22H26O3/c1-7-20(23)25-19-9-8-14(2)10-16(19)13-17-11-15(3)12-18(21(17)24)22(4,5)6/h7-12,24H,1,13H2,2-6H3. The highest BCUT2D eigenvalue weighted by Gasteiger charge is 2.21. The molecule has 0 fully saturated rings. The molecule has 3 heteroatoms. The van der Waals surface area contributed by atoms with Crippen molar-refractivity contribution in [2.24, 2.45) is 0 Å². The number of phenolic OH excluding ortho intramolecular Hbond substituents is 1. The molecular weight excluding hydrogens is 312 g/mol. The van der Waals surface area contributed by atoms with Crippen LogP contribution in [0.15, 0.2) is 43.0 Å². The fourth-order valence-corrected chi connectivity index (χ4v) is 2.86. The highest BCUT2D eigenvalue weighted by Crippen LogP contribution is 2.36. The van der Waals surface area contributed by atoms with Gasteiger partial charge in [0.1, 0.15) is 11.5 Å². The minimum Gasteiger partial charge on any atom is -0.507 e. The fraction of sp³-hybridized carbons (Fsp3) is 0.318. The van der Waals surface area contributed by atoms with Crippen molar-refractivity contribution in [2.75, 3.05) is 0 Å². The largest absolute Gasteiger partial charge is 0.507 e. The summed E-state index contributed by atoms with van der Waals surface area (Å²) in [6.07, 6.45) is 1.63. The maximum atomic E-state index is 11.6. The molecule has 0 bridgehead atoms. The van der Waals surface area contributed by atoms with Crippen LogP contribution in [0.5, 0.6) is 11.5 Å². The quantitative estimate of drug-likeness (QED) is 0.485. The van der Waals surface area contributed by atoms with Gasteiger partial charge in [-0.15, -0.1) is 0 Å². The van der Waals surface area contributed by atoms with E-state index in [0.717, 1.165) is 33.9 Å². The molecule has 25 heavy (non-hydrogen) atoms. The van der Waals surface area contributed by atoms with Crippen LogP contribution in [0.25, 0.3) is 0 Å². The monoisotopic (exact) mass is 338 g/mol. The lowest BCUT2D eigenvalue weighted by Gasteiger charge is -2.23. The molecule has 0 spiro atoms. The van der Waals surface area contributed by atoms with Gasteiger partial charge in [-0.3, -0.25) is 0 Å². The number of ether oxygens (including phenoxy) is 1. The molecule has 2 aromatic rings. The molecular formula is C22H26O3. The summed E-state index contributed by atoms with van der Waals surface area (Å²) in [6, 6.07) is 9.65. The minimum atomic E-state index is -0.492. The van der Waals surface area contributed by atoms with Crippen LogP contribution in [-0.4, -0.2) is 11.1 Å².